The van der Waals surface area contributed by atoms with Crippen molar-refractivity contribution in [2.75, 3.05) is 5.73 Å². The predicted octanol–water partition coefficient (Wildman–Crippen LogP) is 0.437. The zero-order chi connectivity index (χ0) is 8.43. The molecule has 0 bridgehead atoms. The molecule has 4 nitrogen and oxygen atoms in total. The fourth-order valence-electron chi connectivity index (χ4n) is 0.652. The van der Waals surface area contributed by atoms with Gasteiger partial charge in [0.05, 0.1) is 5.56 Å². The van der Waals surface area contributed by atoms with Crippen LogP contribution in [0.3, 0.4) is 0 Å². The lowest BCUT2D eigenvalue weighted by Gasteiger charge is -1.98. The number of anilines is 1. The highest BCUT2D eigenvalue weighted by Gasteiger charge is 2.06. The maximum absolute atomic E-state index is 10.7. The molecule has 1 heterocycles. The first kappa shape index (κ1) is 8.00. The van der Waals surface area contributed by atoms with E-state index in [2.05, 4.69) is 22.6 Å². The Balaban J connectivity index is 3.20. The second kappa shape index (κ2) is 2.87. The van der Waals surface area contributed by atoms with E-state index in [4.69, 9.17) is 5.73 Å². The van der Waals surface area contributed by atoms with Crippen LogP contribution in [0.2, 0.25) is 0 Å². The van der Waals surface area contributed by atoms with Gasteiger partial charge in [0.2, 0.25) is 5.12 Å². The van der Waals surface area contributed by atoms with E-state index in [1.54, 1.807) is 6.92 Å². The molecular formula is C6H7N3OS. The van der Waals surface area contributed by atoms with Gasteiger partial charge in [0, 0.05) is 6.20 Å². The Bertz CT molecular complexity index is 300. The van der Waals surface area contributed by atoms with E-state index in [0.717, 1.165) is 0 Å². The molecule has 1 rings (SSSR count). The highest BCUT2D eigenvalue weighted by Crippen LogP contribution is 2.08. The lowest BCUT2D eigenvalue weighted by atomic mass is 10.3. The number of nitrogens with zero attached hydrogens (tertiary/aromatic N) is 2. The number of aryl methyl sites for hydroxylation is 1. The molecule has 0 aromatic carbocycles. The Hall–Kier alpha value is -1.10. The zero-order valence-corrected chi connectivity index (χ0v) is 6.80. The van der Waals surface area contributed by atoms with Crippen molar-refractivity contribution in [3.8, 4) is 0 Å². The summed E-state index contributed by atoms with van der Waals surface area (Å²) in [7, 11) is 0. The van der Waals surface area contributed by atoms with Crippen LogP contribution in [-0.2, 0) is 0 Å². The third-order valence-electron chi connectivity index (χ3n) is 1.17. The minimum atomic E-state index is -0.414. The van der Waals surface area contributed by atoms with Gasteiger partial charge in [0.15, 0.2) is 0 Å². The number of carbonyl (C=O) groups is 1. The summed E-state index contributed by atoms with van der Waals surface area (Å²) in [6.07, 6.45) is 1.37. The lowest BCUT2D eigenvalue weighted by Crippen LogP contribution is -2.03. The maximum atomic E-state index is 10.7. The van der Waals surface area contributed by atoms with Gasteiger partial charge in [-0.05, 0) is 6.92 Å². The van der Waals surface area contributed by atoms with E-state index in [9.17, 15) is 4.79 Å². The zero-order valence-electron chi connectivity index (χ0n) is 5.90. The monoisotopic (exact) mass is 169 g/mol. The van der Waals surface area contributed by atoms with Gasteiger partial charge < -0.3 is 5.73 Å². The number of nitrogen functional groups attached to an aromatic ring is 1. The molecule has 0 aliphatic rings. The van der Waals surface area contributed by atoms with Gasteiger partial charge in [-0.25, -0.2) is 9.97 Å². The minimum absolute atomic E-state index is 0.178. The van der Waals surface area contributed by atoms with Crippen LogP contribution in [0.1, 0.15) is 16.2 Å². The van der Waals surface area contributed by atoms with E-state index in [1.165, 1.54) is 6.20 Å². The average molecular weight is 169 g/mol. The molecule has 58 valence electrons. The molecule has 0 amide bonds. The van der Waals surface area contributed by atoms with Crippen molar-refractivity contribution < 1.29 is 4.79 Å². The summed E-state index contributed by atoms with van der Waals surface area (Å²) in [4.78, 5) is 18.3. The smallest absolute Gasteiger partial charge is 0.221 e. The van der Waals surface area contributed by atoms with Crippen LogP contribution in [0.5, 0.6) is 0 Å². The Morgan fingerprint density at radius 2 is 2.36 bits per heavy atom. The van der Waals surface area contributed by atoms with Crippen LogP contribution >= 0.6 is 12.6 Å². The maximum Gasteiger partial charge on any atom is 0.221 e. The van der Waals surface area contributed by atoms with Crippen LogP contribution in [-0.4, -0.2) is 15.1 Å². The minimum Gasteiger partial charge on any atom is -0.383 e. The van der Waals surface area contributed by atoms with Crippen LogP contribution in [0.25, 0.3) is 0 Å². The number of carbonyl (C=O) groups excluding carboxylic acids is 1. The largest absolute Gasteiger partial charge is 0.383 e. The molecule has 0 atom stereocenters. The molecule has 0 aliphatic heterocycles. The van der Waals surface area contributed by atoms with Crippen molar-refractivity contribution in [3.63, 3.8) is 0 Å². The molecule has 0 aliphatic carbocycles. The molecule has 1 aromatic heterocycles. The van der Waals surface area contributed by atoms with Gasteiger partial charge in [-0.1, -0.05) is 0 Å². The Morgan fingerprint density at radius 3 is 2.82 bits per heavy atom. The van der Waals surface area contributed by atoms with E-state index >= 15 is 0 Å². The SMILES string of the molecule is Cc1ncc(C(=O)S)c(N)n1. The summed E-state index contributed by atoms with van der Waals surface area (Å²) in [6, 6.07) is 0. The van der Waals surface area contributed by atoms with Crippen LogP contribution in [0.4, 0.5) is 5.82 Å². The van der Waals surface area contributed by atoms with Crippen molar-refractivity contribution in [1.82, 2.24) is 9.97 Å². The van der Waals surface area contributed by atoms with Crippen LogP contribution < -0.4 is 5.73 Å². The molecule has 11 heavy (non-hydrogen) atoms. The molecule has 0 saturated carbocycles. The number of hydrogen-bond donors (Lipinski definition) is 2. The second-order valence-electron chi connectivity index (χ2n) is 2.02. The summed E-state index contributed by atoms with van der Waals surface area (Å²) in [5, 5.41) is -0.414. The van der Waals surface area contributed by atoms with Gasteiger partial charge in [-0.2, -0.15) is 0 Å². The predicted molar refractivity (Wildman–Crippen MR) is 44.5 cm³/mol. The molecular weight excluding hydrogens is 162 g/mol. The number of thiol groups is 1. The first-order valence-corrected chi connectivity index (χ1v) is 3.38. The Morgan fingerprint density at radius 1 is 1.73 bits per heavy atom. The molecule has 0 saturated heterocycles. The first-order chi connectivity index (χ1) is 5.11. The summed E-state index contributed by atoms with van der Waals surface area (Å²) in [5.74, 6) is 0.721. The van der Waals surface area contributed by atoms with E-state index in [1.807, 2.05) is 0 Å². The van der Waals surface area contributed by atoms with Gasteiger partial charge in [0.25, 0.3) is 0 Å². The van der Waals surface area contributed by atoms with Crippen molar-refractivity contribution in [2.24, 2.45) is 0 Å². The van der Waals surface area contributed by atoms with Crippen LogP contribution in [0, 0.1) is 6.92 Å². The highest BCUT2D eigenvalue weighted by molar-refractivity contribution is 7.97. The summed E-state index contributed by atoms with van der Waals surface area (Å²) in [6.45, 7) is 1.70. The molecule has 0 unspecified atom stereocenters. The number of rotatable bonds is 1. The van der Waals surface area contributed by atoms with E-state index in [0.29, 0.717) is 5.82 Å². The van der Waals surface area contributed by atoms with Gasteiger partial charge in [0.1, 0.15) is 11.6 Å². The fraction of sp³-hybridized carbons (Fsp3) is 0.167. The molecule has 0 radical (unpaired) electrons. The molecule has 0 fully saturated rings. The van der Waals surface area contributed by atoms with Crippen molar-refractivity contribution in [1.29, 1.82) is 0 Å². The van der Waals surface area contributed by atoms with Crippen LogP contribution in [0.15, 0.2) is 6.20 Å². The standard InChI is InChI=1S/C6H7N3OS/c1-3-8-2-4(6(10)11)5(7)9-3/h2H,1H3,(H,10,11)(H2,7,8,9). The second-order valence-corrected chi connectivity index (χ2v) is 2.43. The number of aromatic nitrogens is 2. The van der Waals surface area contributed by atoms with Crippen molar-refractivity contribution in [3.05, 3.63) is 17.6 Å². The average Bonchev–Trinajstić information content (AvgIpc) is 1.85. The van der Waals surface area contributed by atoms with Crippen molar-refractivity contribution >= 4 is 23.6 Å². The van der Waals surface area contributed by atoms with E-state index in [-0.39, 0.29) is 11.4 Å². The van der Waals surface area contributed by atoms with Gasteiger partial charge in [-0.3, -0.25) is 4.79 Å². The van der Waals surface area contributed by atoms with E-state index < -0.39 is 5.12 Å². The topological polar surface area (TPSA) is 68.9 Å². The van der Waals surface area contributed by atoms with Gasteiger partial charge >= 0.3 is 0 Å². The third-order valence-corrected chi connectivity index (χ3v) is 1.41. The quantitative estimate of drug-likeness (QED) is 0.598. The number of nitrogens with two attached hydrogens (primary N) is 1. The third kappa shape index (κ3) is 1.68. The summed E-state index contributed by atoms with van der Waals surface area (Å²) < 4.78 is 0. The summed E-state index contributed by atoms with van der Waals surface area (Å²) in [5.41, 5.74) is 5.65. The van der Waals surface area contributed by atoms with Gasteiger partial charge in [-0.15, -0.1) is 12.6 Å². The first-order valence-electron chi connectivity index (χ1n) is 2.93. The molecule has 5 heteroatoms. The number of hydrogen-bond acceptors (Lipinski definition) is 4. The summed E-state index contributed by atoms with van der Waals surface area (Å²) >= 11 is 3.59. The molecule has 0 spiro atoms. The lowest BCUT2D eigenvalue weighted by molar-refractivity contribution is 0.109. The Kier molecular flexibility index (Phi) is 2.09. The molecule has 2 N–H and O–H groups in total. The fourth-order valence-corrected chi connectivity index (χ4v) is 0.825. The highest BCUT2D eigenvalue weighted by atomic mass is 32.1. The van der Waals surface area contributed by atoms with Crippen molar-refractivity contribution in [2.45, 2.75) is 6.92 Å². The normalized spacial score (nSPS) is 9.64. The Labute approximate surface area is 69.3 Å². The molecule has 1 aromatic rings.